The highest BCUT2D eigenvalue weighted by atomic mass is 35.5. The number of benzene rings is 1. The van der Waals surface area contributed by atoms with Gasteiger partial charge in [0.1, 0.15) is 11.3 Å². The maximum Gasteiger partial charge on any atom is 0.238 e. The lowest BCUT2D eigenvalue weighted by atomic mass is 10.2. The van der Waals surface area contributed by atoms with Crippen LogP contribution in [0.3, 0.4) is 0 Å². The fraction of sp³-hybridized carbons (Fsp3) is 0.350. The van der Waals surface area contributed by atoms with Crippen LogP contribution in [0.25, 0.3) is 10.9 Å². The first kappa shape index (κ1) is 19.3. The van der Waals surface area contributed by atoms with Crippen molar-refractivity contribution in [1.82, 2.24) is 9.55 Å². The van der Waals surface area contributed by atoms with Gasteiger partial charge >= 0.3 is 0 Å². The molecule has 2 aromatic heterocycles. The minimum absolute atomic E-state index is 0. The SMILES string of the molecule is Cc1c(C)n(Cc2cccc(F)c2)c2c(OCC(C)C)nccc12.Cl. The summed E-state index contributed by atoms with van der Waals surface area (Å²) in [5, 5.41) is 1.14. The van der Waals surface area contributed by atoms with Crippen molar-refractivity contribution in [1.29, 1.82) is 0 Å². The van der Waals surface area contributed by atoms with Crippen molar-refractivity contribution in [3.05, 3.63) is 59.2 Å². The molecule has 0 saturated heterocycles. The second-order valence-electron chi connectivity index (χ2n) is 6.64. The molecular weight excluding hydrogens is 339 g/mol. The zero-order valence-corrected chi connectivity index (χ0v) is 15.9. The summed E-state index contributed by atoms with van der Waals surface area (Å²) in [5.74, 6) is 0.859. The molecule has 3 nitrogen and oxygen atoms in total. The van der Waals surface area contributed by atoms with E-state index >= 15 is 0 Å². The lowest BCUT2D eigenvalue weighted by Crippen LogP contribution is -2.08. The Hall–Kier alpha value is -2.07. The van der Waals surface area contributed by atoms with Gasteiger partial charge in [-0.25, -0.2) is 9.37 Å². The van der Waals surface area contributed by atoms with Gasteiger partial charge in [0.25, 0.3) is 0 Å². The molecule has 3 rings (SSSR count). The van der Waals surface area contributed by atoms with Crippen LogP contribution in [-0.4, -0.2) is 16.2 Å². The van der Waals surface area contributed by atoms with Gasteiger partial charge in [0.15, 0.2) is 0 Å². The molecule has 134 valence electrons. The van der Waals surface area contributed by atoms with E-state index < -0.39 is 0 Å². The largest absolute Gasteiger partial charge is 0.476 e. The first-order chi connectivity index (χ1) is 11.5. The number of rotatable bonds is 5. The number of fused-ring (bicyclic) bond motifs is 1. The number of aromatic nitrogens is 2. The summed E-state index contributed by atoms with van der Waals surface area (Å²) in [7, 11) is 0. The third kappa shape index (κ3) is 3.96. The molecule has 5 heteroatoms. The molecule has 0 aliphatic rings. The van der Waals surface area contributed by atoms with Crippen LogP contribution < -0.4 is 4.74 Å². The number of hydrogen-bond donors (Lipinski definition) is 0. The third-order valence-electron chi connectivity index (χ3n) is 4.30. The Bertz CT molecular complexity index is 874. The first-order valence-electron chi connectivity index (χ1n) is 8.29. The van der Waals surface area contributed by atoms with Crippen molar-refractivity contribution in [3.63, 3.8) is 0 Å². The van der Waals surface area contributed by atoms with Gasteiger partial charge in [0.05, 0.1) is 6.61 Å². The van der Waals surface area contributed by atoms with Crippen molar-refractivity contribution in [2.45, 2.75) is 34.2 Å². The molecule has 0 spiro atoms. The maximum atomic E-state index is 13.5. The number of aryl methyl sites for hydroxylation is 1. The molecule has 0 bridgehead atoms. The third-order valence-corrected chi connectivity index (χ3v) is 4.30. The molecule has 1 aromatic carbocycles. The highest BCUT2D eigenvalue weighted by Crippen LogP contribution is 2.31. The number of pyridine rings is 1. The van der Waals surface area contributed by atoms with Gasteiger partial charge in [-0.3, -0.25) is 0 Å². The second-order valence-corrected chi connectivity index (χ2v) is 6.64. The molecule has 0 saturated carbocycles. The van der Waals surface area contributed by atoms with Crippen LogP contribution in [0.15, 0.2) is 36.5 Å². The van der Waals surface area contributed by atoms with Gasteiger partial charge in [-0.2, -0.15) is 0 Å². The Balaban J connectivity index is 0.00000225. The highest BCUT2D eigenvalue weighted by Gasteiger charge is 2.17. The molecular formula is C20H24ClFN2O. The van der Waals surface area contributed by atoms with Crippen LogP contribution in [0, 0.1) is 25.6 Å². The lowest BCUT2D eigenvalue weighted by Gasteiger charge is -2.13. The quantitative estimate of drug-likeness (QED) is 0.616. The van der Waals surface area contributed by atoms with Crippen molar-refractivity contribution in [2.75, 3.05) is 6.61 Å². The van der Waals surface area contributed by atoms with Crippen molar-refractivity contribution in [2.24, 2.45) is 5.92 Å². The molecule has 0 radical (unpaired) electrons. The summed E-state index contributed by atoms with van der Waals surface area (Å²) < 4.78 is 21.6. The van der Waals surface area contributed by atoms with E-state index in [1.807, 2.05) is 12.1 Å². The van der Waals surface area contributed by atoms with Crippen LogP contribution in [0.1, 0.15) is 30.7 Å². The van der Waals surface area contributed by atoms with E-state index in [1.54, 1.807) is 18.3 Å². The smallest absolute Gasteiger partial charge is 0.238 e. The Morgan fingerprint density at radius 2 is 1.96 bits per heavy atom. The van der Waals surface area contributed by atoms with Gasteiger partial charge in [-0.1, -0.05) is 26.0 Å². The van der Waals surface area contributed by atoms with Crippen LogP contribution >= 0.6 is 12.4 Å². The lowest BCUT2D eigenvalue weighted by molar-refractivity contribution is 0.263. The molecule has 25 heavy (non-hydrogen) atoms. The normalized spacial score (nSPS) is 11.0. The van der Waals surface area contributed by atoms with E-state index in [2.05, 4.69) is 37.2 Å². The fourth-order valence-electron chi connectivity index (χ4n) is 2.93. The Morgan fingerprint density at radius 1 is 1.20 bits per heavy atom. The number of nitrogens with zero attached hydrogens (tertiary/aromatic N) is 2. The number of halogens is 2. The minimum atomic E-state index is -0.215. The van der Waals surface area contributed by atoms with Gasteiger partial charge in [0.2, 0.25) is 5.88 Å². The van der Waals surface area contributed by atoms with Gasteiger partial charge in [0, 0.05) is 23.8 Å². The van der Waals surface area contributed by atoms with Crippen LogP contribution in [0.2, 0.25) is 0 Å². The molecule has 0 atom stereocenters. The van der Waals surface area contributed by atoms with Gasteiger partial charge in [-0.05, 0) is 49.1 Å². The average Bonchev–Trinajstić information content (AvgIpc) is 2.79. The van der Waals surface area contributed by atoms with E-state index in [1.165, 1.54) is 11.6 Å². The molecule has 0 fully saturated rings. The van der Waals surface area contributed by atoms with Crippen LogP contribution in [-0.2, 0) is 6.54 Å². The summed E-state index contributed by atoms with van der Waals surface area (Å²) in [6.45, 7) is 9.63. The van der Waals surface area contributed by atoms with Crippen LogP contribution in [0.4, 0.5) is 4.39 Å². The maximum absolute atomic E-state index is 13.5. The monoisotopic (exact) mass is 362 g/mol. The van der Waals surface area contributed by atoms with E-state index in [0.717, 1.165) is 22.2 Å². The molecule has 2 heterocycles. The first-order valence-corrected chi connectivity index (χ1v) is 8.29. The second kappa shape index (κ2) is 7.87. The van der Waals surface area contributed by atoms with Gasteiger partial charge < -0.3 is 9.30 Å². The van der Waals surface area contributed by atoms with E-state index in [0.29, 0.717) is 24.9 Å². The van der Waals surface area contributed by atoms with E-state index in [4.69, 9.17) is 4.74 Å². The molecule has 0 aliphatic carbocycles. The van der Waals surface area contributed by atoms with Crippen molar-refractivity contribution in [3.8, 4) is 5.88 Å². The van der Waals surface area contributed by atoms with Crippen molar-refractivity contribution >= 4 is 23.3 Å². The zero-order valence-electron chi connectivity index (χ0n) is 15.0. The van der Waals surface area contributed by atoms with Crippen molar-refractivity contribution < 1.29 is 9.13 Å². The number of ether oxygens (including phenoxy) is 1. The summed E-state index contributed by atoms with van der Waals surface area (Å²) in [4.78, 5) is 4.44. The van der Waals surface area contributed by atoms with Gasteiger partial charge in [-0.15, -0.1) is 12.4 Å². The molecule has 0 aliphatic heterocycles. The number of hydrogen-bond acceptors (Lipinski definition) is 2. The molecule has 3 aromatic rings. The molecule has 0 unspecified atom stereocenters. The predicted molar refractivity (Wildman–Crippen MR) is 102 cm³/mol. The zero-order chi connectivity index (χ0) is 17.3. The Labute approximate surface area is 154 Å². The molecule has 0 N–H and O–H groups in total. The summed E-state index contributed by atoms with van der Waals surface area (Å²) >= 11 is 0. The topological polar surface area (TPSA) is 27.1 Å². The Kier molecular flexibility index (Phi) is 6.07. The minimum Gasteiger partial charge on any atom is -0.476 e. The standard InChI is InChI=1S/C20H23FN2O.ClH/c1-13(2)12-24-20-19-18(8-9-22-20)14(3)15(4)23(19)11-16-6-5-7-17(21)10-16;/h5-10,13H,11-12H2,1-4H3;1H. The summed E-state index contributed by atoms with van der Waals surface area (Å²) in [5.41, 5.74) is 4.26. The molecule has 0 amide bonds. The fourth-order valence-corrected chi connectivity index (χ4v) is 2.93. The van der Waals surface area contributed by atoms with Crippen LogP contribution in [0.5, 0.6) is 5.88 Å². The highest BCUT2D eigenvalue weighted by molar-refractivity contribution is 5.89. The average molecular weight is 363 g/mol. The predicted octanol–water partition coefficient (Wildman–Crippen LogP) is 5.30. The summed E-state index contributed by atoms with van der Waals surface area (Å²) in [6, 6.07) is 8.74. The van der Waals surface area contributed by atoms with E-state index in [-0.39, 0.29) is 18.2 Å². The Morgan fingerprint density at radius 3 is 2.64 bits per heavy atom. The van der Waals surface area contributed by atoms with E-state index in [9.17, 15) is 4.39 Å². The summed E-state index contributed by atoms with van der Waals surface area (Å²) in [6.07, 6.45) is 1.79.